The molecule has 0 saturated carbocycles. The first-order chi connectivity index (χ1) is 9.06. The quantitative estimate of drug-likeness (QED) is 0.837. The lowest BCUT2D eigenvalue weighted by Gasteiger charge is -2.30. The SMILES string of the molecule is Cc1ccc(OCC(=O)N2CCC[C@H](C)C2)cc1C. The van der Waals surface area contributed by atoms with E-state index in [4.69, 9.17) is 4.74 Å². The third-order valence-electron chi connectivity index (χ3n) is 3.85. The molecule has 104 valence electrons. The molecule has 1 atom stereocenters. The third-order valence-corrected chi connectivity index (χ3v) is 3.85. The number of hydrogen-bond acceptors (Lipinski definition) is 2. The molecule has 2 rings (SSSR count). The van der Waals surface area contributed by atoms with E-state index in [0.717, 1.165) is 25.3 Å². The van der Waals surface area contributed by atoms with Gasteiger partial charge in [0.05, 0.1) is 0 Å². The van der Waals surface area contributed by atoms with Crippen LogP contribution in [0.2, 0.25) is 0 Å². The smallest absolute Gasteiger partial charge is 0.260 e. The van der Waals surface area contributed by atoms with Crippen LogP contribution in [0.5, 0.6) is 5.75 Å². The largest absolute Gasteiger partial charge is 0.484 e. The number of ether oxygens (including phenoxy) is 1. The number of hydrogen-bond donors (Lipinski definition) is 0. The Labute approximate surface area is 115 Å². The maximum absolute atomic E-state index is 12.1. The van der Waals surface area contributed by atoms with Crippen molar-refractivity contribution < 1.29 is 9.53 Å². The van der Waals surface area contributed by atoms with E-state index in [1.54, 1.807) is 0 Å². The van der Waals surface area contributed by atoms with Crippen molar-refractivity contribution >= 4 is 5.91 Å². The first-order valence-electron chi connectivity index (χ1n) is 7.04. The number of amides is 1. The lowest BCUT2D eigenvalue weighted by Crippen LogP contribution is -2.41. The van der Waals surface area contributed by atoms with E-state index in [-0.39, 0.29) is 12.5 Å². The van der Waals surface area contributed by atoms with Crippen LogP contribution in [0, 0.1) is 19.8 Å². The second-order valence-electron chi connectivity index (χ2n) is 5.62. The van der Waals surface area contributed by atoms with Gasteiger partial charge in [-0.2, -0.15) is 0 Å². The van der Waals surface area contributed by atoms with Crippen molar-refractivity contribution in [3.63, 3.8) is 0 Å². The maximum atomic E-state index is 12.1. The Bertz CT molecular complexity index is 456. The van der Waals surface area contributed by atoms with Crippen molar-refractivity contribution in [3.05, 3.63) is 29.3 Å². The van der Waals surface area contributed by atoms with Gasteiger partial charge < -0.3 is 9.64 Å². The minimum absolute atomic E-state index is 0.102. The molecule has 1 fully saturated rings. The number of aryl methyl sites for hydroxylation is 2. The number of likely N-dealkylation sites (tertiary alicyclic amines) is 1. The summed E-state index contributed by atoms with van der Waals surface area (Å²) in [7, 11) is 0. The van der Waals surface area contributed by atoms with Crippen molar-refractivity contribution in [2.75, 3.05) is 19.7 Å². The average Bonchev–Trinajstić information content (AvgIpc) is 2.40. The number of rotatable bonds is 3. The van der Waals surface area contributed by atoms with Crippen LogP contribution in [0.25, 0.3) is 0 Å². The number of piperidine rings is 1. The van der Waals surface area contributed by atoms with Gasteiger partial charge in [-0.3, -0.25) is 4.79 Å². The molecule has 1 aromatic rings. The zero-order valence-corrected chi connectivity index (χ0v) is 12.1. The molecule has 1 aromatic carbocycles. The van der Waals surface area contributed by atoms with Gasteiger partial charge in [-0.1, -0.05) is 13.0 Å². The summed E-state index contributed by atoms with van der Waals surface area (Å²) in [5.41, 5.74) is 2.43. The van der Waals surface area contributed by atoms with Gasteiger partial charge in [0.15, 0.2) is 6.61 Å². The molecule has 19 heavy (non-hydrogen) atoms. The second-order valence-corrected chi connectivity index (χ2v) is 5.62. The summed E-state index contributed by atoms with van der Waals surface area (Å²) in [4.78, 5) is 14.0. The molecule has 0 unspecified atom stereocenters. The van der Waals surface area contributed by atoms with E-state index >= 15 is 0 Å². The Kier molecular flexibility index (Phi) is 4.46. The molecule has 0 bridgehead atoms. The van der Waals surface area contributed by atoms with Crippen molar-refractivity contribution in [1.29, 1.82) is 0 Å². The zero-order chi connectivity index (χ0) is 13.8. The van der Waals surface area contributed by atoms with E-state index in [1.807, 2.05) is 23.1 Å². The van der Waals surface area contributed by atoms with Crippen LogP contribution >= 0.6 is 0 Å². The van der Waals surface area contributed by atoms with Gasteiger partial charge >= 0.3 is 0 Å². The third kappa shape index (κ3) is 3.72. The molecule has 1 saturated heterocycles. The van der Waals surface area contributed by atoms with Crippen LogP contribution in [0.1, 0.15) is 30.9 Å². The van der Waals surface area contributed by atoms with Crippen LogP contribution in [0.15, 0.2) is 18.2 Å². The number of carbonyl (C=O) groups excluding carboxylic acids is 1. The molecular weight excluding hydrogens is 238 g/mol. The molecule has 0 radical (unpaired) electrons. The van der Waals surface area contributed by atoms with Crippen LogP contribution in [0.3, 0.4) is 0 Å². The molecule has 0 spiro atoms. The Morgan fingerprint density at radius 3 is 2.84 bits per heavy atom. The summed E-state index contributed by atoms with van der Waals surface area (Å²) < 4.78 is 5.60. The fourth-order valence-corrected chi connectivity index (χ4v) is 2.46. The Balaban J connectivity index is 1.87. The molecule has 3 nitrogen and oxygen atoms in total. The average molecular weight is 261 g/mol. The fraction of sp³-hybridized carbons (Fsp3) is 0.562. The van der Waals surface area contributed by atoms with Gasteiger partial charge in [0.1, 0.15) is 5.75 Å². The van der Waals surface area contributed by atoms with E-state index in [9.17, 15) is 4.79 Å². The van der Waals surface area contributed by atoms with E-state index in [2.05, 4.69) is 20.8 Å². The van der Waals surface area contributed by atoms with Crippen molar-refractivity contribution in [3.8, 4) is 5.75 Å². The van der Waals surface area contributed by atoms with Crippen molar-refractivity contribution in [2.24, 2.45) is 5.92 Å². The van der Waals surface area contributed by atoms with Gasteiger partial charge in [-0.05, 0) is 55.9 Å². The predicted octanol–water partition coefficient (Wildman–Crippen LogP) is 2.94. The van der Waals surface area contributed by atoms with Crippen molar-refractivity contribution in [2.45, 2.75) is 33.6 Å². The highest BCUT2D eigenvalue weighted by molar-refractivity contribution is 5.77. The minimum Gasteiger partial charge on any atom is -0.484 e. The van der Waals surface area contributed by atoms with Crippen LogP contribution in [0.4, 0.5) is 0 Å². The van der Waals surface area contributed by atoms with Gasteiger partial charge in [-0.25, -0.2) is 0 Å². The summed E-state index contributed by atoms with van der Waals surface area (Å²) in [5.74, 6) is 1.49. The lowest BCUT2D eigenvalue weighted by molar-refractivity contribution is -0.135. The van der Waals surface area contributed by atoms with Crippen molar-refractivity contribution in [1.82, 2.24) is 4.90 Å². The summed E-state index contributed by atoms with van der Waals surface area (Å²) in [6, 6.07) is 5.94. The topological polar surface area (TPSA) is 29.5 Å². The fourth-order valence-electron chi connectivity index (χ4n) is 2.46. The molecule has 0 aliphatic carbocycles. The Hall–Kier alpha value is -1.51. The van der Waals surface area contributed by atoms with Gasteiger partial charge in [0, 0.05) is 13.1 Å². The zero-order valence-electron chi connectivity index (χ0n) is 12.1. The maximum Gasteiger partial charge on any atom is 0.260 e. The van der Waals surface area contributed by atoms with Gasteiger partial charge in [0.2, 0.25) is 0 Å². The number of carbonyl (C=O) groups is 1. The number of benzene rings is 1. The summed E-state index contributed by atoms with van der Waals surface area (Å²) in [6.45, 7) is 8.21. The van der Waals surface area contributed by atoms with E-state index in [0.29, 0.717) is 5.92 Å². The standard InChI is InChI=1S/C16H23NO2/c1-12-5-4-8-17(10-12)16(18)11-19-15-7-6-13(2)14(3)9-15/h6-7,9,12H,4-5,8,10-11H2,1-3H3/t12-/m0/s1. The Morgan fingerprint density at radius 2 is 2.16 bits per heavy atom. The monoisotopic (exact) mass is 261 g/mol. The van der Waals surface area contributed by atoms with E-state index in [1.165, 1.54) is 17.5 Å². The van der Waals surface area contributed by atoms with Crippen LogP contribution in [-0.2, 0) is 4.79 Å². The normalized spacial score (nSPS) is 19.3. The first-order valence-corrected chi connectivity index (χ1v) is 7.04. The van der Waals surface area contributed by atoms with Crippen LogP contribution < -0.4 is 4.74 Å². The second kappa shape index (κ2) is 6.09. The predicted molar refractivity (Wildman–Crippen MR) is 76.4 cm³/mol. The van der Waals surface area contributed by atoms with Crippen LogP contribution in [-0.4, -0.2) is 30.5 Å². The molecule has 1 aliphatic heterocycles. The van der Waals surface area contributed by atoms with E-state index < -0.39 is 0 Å². The minimum atomic E-state index is 0.102. The molecular formula is C16H23NO2. The first kappa shape index (κ1) is 13.9. The molecule has 0 N–H and O–H groups in total. The number of nitrogens with zero attached hydrogens (tertiary/aromatic N) is 1. The highest BCUT2D eigenvalue weighted by atomic mass is 16.5. The van der Waals surface area contributed by atoms with Gasteiger partial charge in [-0.15, -0.1) is 0 Å². The summed E-state index contributed by atoms with van der Waals surface area (Å²) in [5, 5.41) is 0. The lowest BCUT2D eigenvalue weighted by atomic mass is 10.0. The highest BCUT2D eigenvalue weighted by Crippen LogP contribution is 2.18. The molecule has 1 amide bonds. The molecule has 0 aromatic heterocycles. The molecule has 1 heterocycles. The molecule has 3 heteroatoms. The summed E-state index contributed by atoms with van der Waals surface area (Å²) >= 11 is 0. The Morgan fingerprint density at radius 1 is 1.37 bits per heavy atom. The molecule has 1 aliphatic rings. The van der Waals surface area contributed by atoms with Gasteiger partial charge in [0.25, 0.3) is 5.91 Å². The summed E-state index contributed by atoms with van der Waals surface area (Å²) in [6.07, 6.45) is 2.33. The highest BCUT2D eigenvalue weighted by Gasteiger charge is 2.21.